The molecule has 0 unspecified atom stereocenters. The maximum absolute atomic E-state index is 12.8. The Morgan fingerprint density at radius 3 is 2.59 bits per heavy atom. The van der Waals surface area contributed by atoms with Crippen molar-refractivity contribution in [2.75, 3.05) is 19.0 Å². The molecule has 2 heterocycles. The molecule has 0 aliphatic carbocycles. The Kier molecular flexibility index (Phi) is 6.16. The average Bonchev–Trinajstić information content (AvgIpc) is 3.08. The van der Waals surface area contributed by atoms with Crippen LogP contribution >= 0.6 is 0 Å². The lowest BCUT2D eigenvalue weighted by Gasteiger charge is -2.10. The van der Waals surface area contributed by atoms with Crippen LogP contribution in [0.15, 0.2) is 33.9 Å². The monoisotopic (exact) mass is 399 g/mol. The van der Waals surface area contributed by atoms with Crippen molar-refractivity contribution in [1.82, 2.24) is 19.1 Å². The zero-order chi connectivity index (χ0) is 21.0. The van der Waals surface area contributed by atoms with Crippen LogP contribution < -0.4 is 21.3 Å². The van der Waals surface area contributed by atoms with Gasteiger partial charge in [-0.25, -0.2) is 4.79 Å². The van der Waals surface area contributed by atoms with E-state index in [2.05, 4.69) is 22.2 Å². The number of carbonyl (C=O) groups excluding carboxylic acids is 1. The highest BCUT2D eigenvalue weighted by molar-refractivity contribution is 5.97. The molecule has 2 N–H and O–H groups in total. The summed E-state index contributed by atoms with van der Waals surface area (Å²) < 4.78 is 7.92. The Morgan fingerprint density at radius 2 is 1.93 bits per heavy atom. The predicted molar refractivity (Wildman–Crippen MR) is 111 cm³/mol. The van der Waals surface area contributed by atoms with E-state index in [-0.39, 0.29) is 23.5 Å². The first kappa shape index (κ1) is 20.4. The van der Waals surface area contributed by atoms with Crippen LogP contribution in [0.3, 0.4) is 0 Å². The van der Waals surface area contributed by atoms with Gasteiger partial charge < -0.3 is 10.1 Å². The second-order valence-electron chi connectivity index (χ2n) is 6.80. The number of unbranched alkanes of at least 4 members (excludes halogenated alkanes) is 2. The number of ketones is 1. The molecule has 3 rings (SSSR count). The molecule has 0 bridgehead atoms. The number of Topliss-reactive ketones (excluding diaryl/α,β-unsaturated/α-hetero) is 1. The summed E-state index contributed by atoms with van der Waals surface area (Å²) in [6.07, 6.45) is 3.06. The number of rotatable bonds is 9. The number of aromatic amines is 1. The smallest absolute Gasteiger partial charge is 0.329 e. The van der Waals surface area contributed by atoms with Crippen molar-refractivity contribution in [1.29, 1.82) is 0 Å². The molecular formula is C20H25N5O4. The lowest BCUT2D eigenvalue weighted by Crippen LogP contribution is -2.29. The van der Waals surface area contributed by atoms with Gasteiger partial charge in [-0.2, -0.15) is 4.98 Å². The van der Waals surface area contributed by atoms with Gasteiger partial charge in [-0.05, 0) is 30.7 Å². The van der Waals surface area contributed by atoms with Crippen LogP contribution in [0.4, 0.5) is 5.95 Å². The molecule has 154 valence electrons. The summed E-state index contributed by atoms with van der Waals surface area (Å²) >= 11 is 0. The molecule has 0 saturated carbocycles. The Morgan fingerprint density at radius 1 is 1.21 bits per heavy atom. The van der Waals surface area contributed by atoms with Gasteiger partial charge in [0.25, 0.3) is 5.56 Å². The number of nitrogens with zero attached hydrogens (tertiary/aromatic N) is 3. The van der Waals surface area contributed by atoms with Gasteiger partial charge in [0.2, 0.25) is 5.95 Å². The number of carbonyl (C=O) groups is 1. The molecule has 1 aromatic carbocycles. The van der Waals surface area contributed by atoms with Gasteiger partial charge in [0.1, 0.15) is 5.75 Å². The number of nitrogens with one attached hydrogen (secondary N) is 2. The van der Waals surface area contributed by atoms with E-state index in [1.807, 2.05) is 0 Å². The summed E-state index contributed by atoms with van der Waals surface area (Å²) in [5, 5.41) is 3.20. The lowest BCUT2D eigenvalue weighted by atomic mass is 10.1. The third kappa shape index (κ3) is 4.23. The fourth-order valence-corrected chi connectivity index (χ4v) is 3.11. The van der Waals surface area contributed by atoms with Gasteiger partial charge in [-0.1, -0.05) is 19.8 Å². The van der Waals surface area contributed by atoms with E-state index >= 15 is 0 Å². The molecule has 2 aromatic heterocycles. The molecule has 9 heteroatoms. The molecule has 9 nitrogen and oxygen atoms in total. The molecule has 0 aliphatic heterocycles. The van der Waals surface area contributed by atoms with Crippen molar-refractivity contribution in [2.24, 2.45) is 7.05 Å². The number of imidazole rings is 1. The van der Waals surface area contributed by atoms with Crippen molar-refractivity contribution >= 4 is 22.9 Å². The van der Waals surface area contributed by atoms with Gasteiger partial charge in [0.05, 0.1) is 13.7 Å². The minimum atomic E-state index is -0.570. The molecule has 3 aromatic rings. The van der Waals surface area contributed by atoms with Crippen molar-refractivity contribution < 1.29 is 9.53 Å². The summed E-state index contributed by atoms with van der Waals surface area (Å²) in [6.45, 7) is 2.68. The maximum atomic E-state index is 12.8. The van der Waals surface area contributed by atoms with Crippen LogP contribution in [-0.2, 0) is 13.6 Å². The first-order valence-electron chi connectivity index (χ1n) is 9.57. The fraction of sp³-hybridized carbons (Fsp3) is 0.400. The van der Waals surface area contributed by atoms with Crippen LogP contribution in [0.25, 0.3) is 11.2 Å². The maximum Gasteiger partial charge on any atom is 0.329 e. The first-order chi connectivity index (χ1) is 14.0. The molecule has 0 aliphatic rings. The third-order valence-electron chi connectivity index (χ3n) is 4.78. The highest BCUT2D eigenvalue weighted by atomic mass is 16.5. The number of fused-ring (bicyclic) bond motifs is 1. The number of hydrogen-bond donors (Lipinski definition) is 2. The number of aryl methyl sites for hydroxylation is 1. The molecular weight excluding hydrogens is 374 g/mol. The van der Waals surface area contributed by atoms with E-state index in [0.717, 1.165) is 19.3 Å². The predicted octanol–water partition coefficient (Wildman–Crippen LogP) is 1.92. The van der Waals surface area contributed by atoms with E-state index in [4.69, 9.17) is 4.74 Å². The molecule has 0 spiro atoms. The molecule has 0 fully saturated rings. The Hall–Kier alpha value is -3.36. The van der Waals surface area contributed by atoms with Gasteiger partial charge in [0, 0.05) is 19.2 Å². The van der Waals surface area contributed by atoms with Crippen LogP contribution in [0, 0.1) is 0 Å². The second kappa shape index (κ2) is 8.76. The van der Waals surface area contributed by atoms with Crippen LogP contribution in [-0.4, -0.2) is 38.5 Å². The van der Waals surface area contributed by atoms with Gasteiger partial charge in [-0.3, -0.25) is 23.7 Å². The number of ether oxygens (including phenoxy) is 1. The van der Waals surface area contributed by atoms with Gasteiger partial charge in [-0.15, -0.1) is 0 Å². The number of benzene rings is 1. The molecule has 0 saturated heterocycles. The van der Waals surface area contributed by atoms with Crippen molar-refractivity contribution in [3.05, 3.63) is 50.7 Å². The Balaban J connectivity index is 2.00. The highest BCUT2D eigenvalue weighted by Gasteiger charge is 2.19. The fourth-order valence-electron chi connectivity index (χ4n) is 3.11. The largest absolute Gasteiger partial charge is 0.497 e. The Labute approximate surface area is 167 Å². The lowest BCUT2D eigenvalue weighted by molar-refractivity contribution is 0.0974. The molecule has 0 radical (unpaired) electrons. The summed E-state index contributed by atoms with van der Waals surface area (Å²) in [5.41, 5.74) is -0.206. The minimum Gasteiger partial charge on any atom is -0.497 e. The number of aromatic nitrogens is 4. The average molecular weight is 399 g/mol. The standard InChI is InChI=1S/C20H25N5O4/c1-4-5-6-11-21-19-22-17-16(18(27)23-20(28)24(17)2)25(19)12-15(26)13-7-9-14(29-3)10-8-13/h7-10H,4-6,11-12H2,1-3H3,(H,21,22)(H,23,27,28). The second-order valence-corrected chi connectivity index (χ2v) is 6.80. The van der Waals surface area contributed by atoms with Crippen LogP contribution in [0.2, 0.25) is 0 Å². The summed E-state index contributed by atoms with van der Waals surface area (Å²) in [6, 6.07) is 6.77. The van der Waals surface area contributed by atoms with E-state index in [1.54, 1.807) is 31.4 Å². The first-order valence-corrected chi connectivity index (χ1v) is 9.57. The Bertz CT molecular complexity index is 1120. The van der Waals surface area contributed by atoms with Gasteiger partial charge in [0.15, 0.2) is 16.9 Å². The van der Waals surface area contributed by atoms with Crippen LogP contribution in [0.5, 0.6) is 5.75 Å². The van der Waals surface area contributed by atoms with E-state index in [9.17, 15) is 14.4 Å². The van der Waals surface area contributed by atoms with E-state index in [1.165, 1.54) is 16.2 Å². The topological polar surface area (TPSA) is 111 Å². The zero-order valence-electron chi connectivity index (χ0n) is 16.8. The van der Waals surface area contributed by atoms with Crippen molar-refractivity contribution in [2.45, 2.75) is 32.7 Å². The number of methoxy groups -OCH3 is 1. The van der Waals surface area contributed by atoms with Crippen molar-refractivity contribution in [3.63, 3.8) is 0 Å². The highest BCUT2D eigenvalue weighted by Crippen LogP contribution is 2.18. The normalized spacial score (nSPS) is 11.0. The zero-order valence-corrected chi connectivity index (χ0v) is 16.8. The SMILES string of the molecule is CCCCCNc1nc2c(c(=O)[nH]c(=O)n2C)n1CC(=O)c1ccc(OC)cc1. The van der Waals surface area contributed by atoms with E-state index in [0.29, 0.717) is 23.8 Å². The number of hydrogen-bond acceptors (Lipinski definition) is 6. The van der Waals surface area contributed by atoms with E-state index < -0.39 is 11.2 Å². The van der Waals surface area contributed by atoms with Gasteiger partial charge >= 0.3 is 5.69 Å². The molecule has 0 atom stereocenters. The third-order valence-corrected chi connectivity index (χ3v) is 4.78. The summed E-state index contributed by atoms with van der Waals surface area (Å²) in [5.74, 6) is 0.862. The molecule has 0 amide bonds. The number of anilines is 1. The molecule has 29 heavy (non-hydrogen) atoms. The minimum absolute atomic E-state index is 0.0831. The number of H-pyrrole nitrogens is 1. The quantitative estimate of drug-likeness (QED) is 0.420. The summed E-state index contributed by atoms with van der Waals surface area (Å²) in [7, 11) is 3.09. The van der Waals surface area contributed by atoms with Crippen molar-refractivity contribution in [3.8, 4) is 5.75 Å². The van der Waals surface area contributed by atoms with Crippen LogP contribution in [0.1, 0.15) is 36.5 Å². The summed E-state index contributed by atoms with van der Waals surface area (Å²) in [4.78, 5) is 44.0.